The Bertz CT molecular complexity index is 574. The van der Waals surface area contributed by atoms with Crippen LogP contribution in [0.3, 0.4) is 0 Å². The topological polar surface area (TPSA) is 45.6 Å². The zero-order valence-electron chi connectivity index (χ0n) is 11.6. The molecule has 21 heavy (non-hydrogen) atoms. The SMILES string of the molecule is O=C(N1N=CCC1c1cncc(F)c1)C1(CCCCl)CC1. The van der Waals surface area contributed by atoms with Crippen LogP contribution >= 0.6 is 11.6 Å². The quantitative estimate of drug-likeness (QED) is 0.784. The normalized spacial score (nSPS) is 22.6. The fourth-order valence-corrected chi connectivity index (χ4v) is 3.00. The van der Waals surface area contributed by atoms with Gasteiger partial charge in [0, 0.05) is 24.7 Å². The molecule has 1 atom stereocenters. The summed E-state index contributed by atoms with van der Waals surface area (Å²) < 4.78 is 13.3. The number of aromatic nitrogens is 1. The summed E-state index contributed by atoms with van der Waals surface area (Å²) in [5.74, 6) is 0.209. The van der Waals surface area contributed by atoms with Crippen molar-refractivity contribution in [3.05, 3.63) is 29.8 Å². The molecule has 0 aromatic carbocycles. The average molecular weight is 310 g/mol. The molecule has 0 spiro atoms. The molecule has 1 amide bonds. The summed E-state index contributed by atoms with van der Waals surface area (Å²) in [6, 6.07) is 1.18. The highest BCUT2D eigenvalue weighted by molar-refractivity contribution is 6.17. The molecule has 1 fully saturated rings. The van der Waals surface area contributed by atoms with Crippen molar-refractivity contribution in [2.45, 2.75) is 38.1 Å². The molecule has 2 heterocycles. The first-order chi connectivity index (χ1) is 10.2. The molecule has 112 valence electrons. The minimum atomic E-state index is -0.393. The Morgan fingerprint density at radius 3 is 2.95 bits per heavy atom. The number of pyridine rings is 1. The number of hydrazone groups is 1. The highest BCUT2D eigenvalue weighted by Gasteiger charge is 2.52. The van der Waals surface area contributed by atoms with Gasteiger partial charge >= 0.3 is 0 Å². The highest BCUT2D eigenvalue weighted by Crippen LogP contribution is 2.52. The van der Waals surface area contributed by atoms with Crippen LogP contribution in [0.15, 0.2) is 23.6 Å². The first-order valence-electron chi connectivity index (χ1n) is 7.19. The van der Waals surface area contributed by atoms with Crippen LogP contribution in [0, 0.1) is 11.2 Å². The van der Waals surface area contributed by atoms with Crippen LogP contribution in [0.2, 0.25) is 0 Å². The van der Waals surface area contributed by atoms with E-state index in [9.17, 15) is 9.18 Å². The second-order valence-corrected chi connectivity index (χ2v) is 6.09. The molecule has 0 saturated heterocycles. The van der Waals surface area contributed by atoms with Crippen LogP contribution in [0.25, 0.3) is 0 Å². The van der Waals surface area contributed by atoms with Crippen molar-refractivity contribution in [1.29, 1.82) is 0 Å². The Labute approximate surface area is 128 Å². The van der Waals surface area contributed by atoms with Crippen molar-refractivity contribution in [3.63, 3.8) is 0 Å². The van der Waals surface area contributed by atoms with Gasteiger partial charge in [0.15, 0.2) is 0 Å². The fraction of sp³-hybridized carbons (Fsp3) is 0.533. The summed E-state index contributed by atoms with van der Waals surface area (Å²) in [4.78, 5) is 16.6. The van der Waals surface area contributed by atoms with E-state index in [1.165, 1.54) is 11.1 Å². The maximum Gasteiger partial charge on any atom is 0.249 e. The largest absolute Gasteiger partial charge is 0.272 e. The summed E-state index contributed by atoms with van der Waals surface area (Å²) in [5.41, 5.74) is 0.393. The zero-order valence-corrected chi connectivity index (χ0v) is 12.4. The molecule has 1 aliphatic heterocycles. The Morgan fingerprint density at radius 1 is 1.48 bits per heavy atom. The molecular formula is C15H17ClFN3O. The third-order valence-corrected chi connectivity index (χ3v) is 4.51. The summed E-state index contributed by atoms with van der Waals surface area (Å²) in [6.07, 6.45) is 8.49. The molecule has 4 nitrogen and oxygen atoms in total. The lowest BCUT2D eigenvalue weighted by atomic mass is 9.97. The van der Waals surface area contributed by atoms with Crippen molar-refractivity contribution in [2.24, 2.45) is 10.5 Å². The second-order valence-electron chi connectivity index (χ2n) is 5.71. The maximum absolute atomic E-state index is 13.3. The van der Waals surface area contributed by atoms with Crippen LogP contribution in [0.5, 0.6) is 0 Å². The van der Waals surface area contributed by atoms with E-state index >= 15 is 0 Å². The van der Waals surface area contributed by atoms with Crippen molar-refractivity contribution >= 4 is 23.7 Å². The first-order valence-corrected chi connectivity index (χ1v) is 7.72. The Kier molecular flexibility index (Phi) is 3.93. The highest BCUT2D eigenvalue weighted by atomic mass is 35.5. The molecule has 6 heteroatoms. The smallest absolute Gasteiger partial charge is 0.249 e. The van der Waals surface area contributed by atoms with Gasteiger partial charge in [-0.3, -0.25) is 9.78 Å². The zero-order chi connectivity index (χ0) is 14.9. The lowest BCUT2D eigenvalue weighted by Gasteiger charge is -2.26. The molecule has 0 radical (unpaired) electrons. The van der Waals surface area contributed by atoms with Crippen molar-refractivity contribution in [2.75, 3.05) is 5.88 Å². The maximum atomic E-state index is 13.3. The Hall–Kier alpha value is -1.49. The van der Waals surface area contributed by atoms with Gasteiger partial charge in [-0.2, -0.15) is 5.10 Å². The molecule has 3 rings (SSSR count). The molecular weight excluding hydrogens is 293 g/mol. The van der Waals surface area contributed by atoms with Crippen LogP contribution in [0.4, 0.5) is 4.39 Å². The molecule has 1 aromatic rings. The lowest BCUT2D eigenvalue weighted by molar-refractivity contribution is -0.139. The van der Waals surface area contributed by atoms with Crippen molar-refractivity contribution in [1.82, 2.24) is 9.99 Å². The molecule has 2 aliphatic rings. The van der Waals surface area contributed by atoms with Gasteiger partial charge in [-0.1, -0.05) is 0 Å². The van der Waals surface area contributed by atoms with Crippen LogP contribution < -0.4 is 0 Å². The molecule has 1 aliphatic carbocycles. The number of hydrogen-bond acceptors (Lipinski definition) is 3. The molecule has 1 saturated carbocycles. The molecule has 0 N–H and O–H groups in total. The van der Waals surface area contributed by atoms with Gasteiger partial charge in [-0.25, -0.2) is 9.40 Å². The van der Waals surface area contributed by atoms with E-state index in [0.29, 0.717) is 17.9 Å². The van der Waals surface area contributed by atoms with E-state index in [-0.39, 0.29) is 17.4 Å². The monoisotopic (exact) mass is 309 g/mol. The van der Waals surface area contributed by atoms with E-state index in [1.54, 1.807) is 12.4 Å². The summed E-state index contributed by atoms with van der Waals surface area (Å²) in [5, 5.41) is 5.72. The van der Waals surface area contributed by atoms with E-state index in [2.05, 4.69) is 10.1 Å². The Balaban J connectivity index is 1.78. The van der Waals surface area contributed by atoms with E-state index in [0.717, 1.165) is 31.9 Å². The van der Waals surface area contributed by atoms with Gasteiger partial charge in [0.2, 0.25) is 5.91 Å². The third kappa shape index (κ3) is 2.79. The van der Waals surface area contributed by atoms with Crippen LogP contribution in [-0.2, 0) is 4.79 Å². The van der Waals surface area contributed by atoms with Crippen molar-refractivity contribution < 1.29 is 9.18 Å². The van der Waals surface area contributed by atoms with Gasteiger partial charge in [0.1, 0.15) is 5.82 Å². The predicted molar refractivity (Wildman–Crippen MR) is 78.5 cm³/mol. The van der Waals surface area contributed by atoms with E-state index < -0.39 is 5.82 Å². The number of rotatable bonds is 5. The number of amides is 1. The number of carbonyl (C=O) groups excluding carboxylic acids is 1. The second kappa shape index (κ2) is 5.72. The van der Waals surface area contributed by atoms with Gasteiger partial charge in [-0.15, -0.1) is 11.6 Å². The average Bonchev–Trinajstić information content (AvgIpc) is 3.12. The van der Waals surface area contributed by atoms with Crippen molar-refractivity contribution in [3.8, 4) is 0 Å². The first kappa shape index (κ1) is 14.4. The standard InChI is InChI=1S/C15H17ClFN3O/c16-6-1-3-15(4-5-15)14(21)20-13(2-7-19-20)11-8-12(17)10-18-9-11/h7-10,13H,1-6H2. The van der Waals surface area contributed by atoms with E-state index in [4.69, 9.17) is 11.6 Å². The van der Waals surface area contributed by atoms with Gasteiger partial charge in [0.05, 0.1) is 17.7 Å². The van der Waals surface area contributed by atoms with Gasteiger partial charge in [-0.05, 0) is 37.3 Å². The van der Waals surface area contributed by atoms with Gasteiger partial charge < -0.3 is 0 Å². The minimum absolute atomic E-state index is 0.0376. The molecule has 1 unspecified atom stereocenters. The summed E-state index contributed by atoms with van der Waals surface area (Å²) >= 11 is 5.74. The van der Waals surface area contributed by atoms with Crippen LogP contribution in [0.1, 0.15) is 43.7 Å². The fourth-order valence-electron chi connectivity index (χ4n) is 2.87. The number of halogens is 2. The number of nitrogens with zero attached hydrogens (tertiary/aromatic N) is 3. The molecule has 1 aromatic heterocycles. The summed E-state index contributed by atoms with van der Waals surface area (Å²) in [6.45, 7) is 0. The predicted octanol–water partition coefficient (Wildman–Crippen LogP) is 3.28. The number of alkyl halides is 1. The minimum Gasteiger partial charge on any atom is -0.272 e. The molecule has 0 bridgehead atoms. The van der Waals surface area contributed by atoms with Crippen LogP contribution in [-0.4, -0.2) is 28.0 Å². The summed E-state index contributed by atoms with van der Waals surface area (Å²) in [7, 11) is 0. The Morgan fingerprint density at radius 2 is 2.29 bits per heavy atom. The van der Waals surface area contributed by atoms with E-state index in [1.807, 2.05) is 0 Å². The lowest BCUT2D eigenvalue weighted by Crippen LogP contribution is -2.34. The number of carbonyl (C=O) groups is 1. The van der Waals surface area contributed by atoms with Gasteiger partial charge in [0.25, 0.3) is 0 Å². The third-order valence-electron chi connectivity index (χ3n) is 4.25. The number of hydrogen-bond donors (Lipinski definition) is 0.